The molecular weight excluding hydrogens is 340 g/mol. The molecule has 0 spiro atoms. The van der Waals surface area contributed by atoms with E-state index in [-0.39, 0.29) is 0 Å². The minimum atomic E-state index is -3.42. The zero-order valence-corrected chi connectivity index (χ0v) is 15.4. The Balaban J connectivity index is 1.51. The largest absolute Gasteiger partial charge is 0.371 e. The average Bonchev–Trinajstić information content (AvgIpc) is 3.02. The Hall–Kier alpha value is -1.50. The maximum Gasteiger partial charge on any atom is 0.240 e. The second-order valence-corrected chi connectivity index (χ2v) is 8.44. The molecule has 0 amide bonds. The Morgan fingerprint density at radius 3 is 2.62 bits per heavy atom. The molecule has 0 aromatic heterocycles. The molecule has 1 heterocycles. The topological polar surface area (TPSA) is 49.4 Å². The van der Waals surface area contributed by atoms with Crippen LogP contribution in [0, 0.1) is 0 Å². The Morgan fingerprint density at radius 2 is 1.88 bits per heavy atom. The van der Waals surface area contributed by atoms with Gasteiger partial charge < -0.3 is 4.90 Å². The van der Waals surface area contributed by atoms with Gasteiger partial charge in [-0.05, 0) is 55.0 Å². The van der Waals surface area contributed by atoms with Crippen molar-refractivity contribution in [2.24, 2.45) is 0 Å². The first-order valence-corrected chi connectivity index (χ1v) is 10.8. The highest BCUT2D eigenvalue weighted by molar-refractivity contribution is 7.98. The van der Waals surface area contributed by atoms with Gasteiger partial charge in [0.1, 0.15) is 0 Å². The zero-order valence-electron chi connectivity index (χ0n) is 13.7. The molecule has 24 heavy (non-hydrogen) atoms. The maximum absolute atomic E-state index is 12.3. The summed E-state index contributed by atoms with van der Waals surface area (Å²) >= 11 is 1.60. The molecule has 0 bridgehead atoms. The van der Waals surface area contributed by atoms with Crippen LogP contribution in [-0.4, -0.2) is 34.3 Å². The lowest BCUT2D eigenvalue weighted by atomic mass is 10.2. The van der Waals surface area contributed by atoms with Crippen molar-refractivity contribution in [1.82, 2.24) is 4.72 Å². The van der Waals surface area contributed by atoms with E-state index in [0.717, 1.165) is 30.8 Å². The summed E-state index contributed by atoms with van der Waals surface area (Å²) in [4.78, 5) is 3.71. The summed E-state index contributed by atoms with van der Waals surface area (Å²) < 4.78 is 27.3. The third-order valence-corrected chi connectivity index (χ3v) is 6.47. The van der Waals surface area contributed by atoms with Gasteiger partial charge in [-0.15, -0.1) is 11.8 Å². The van der Waals surface area contributed by atoms with E-state index in [1.54, 1.807) is 23.9 Å². The van der Waals surface area contributed by atoms with Crippen LogP contribution < -0.4 is 9.62 Å². The van der Waals surface area contributed by atoms with Crippen LogP contribution in [0.15, 0.2) is 58.3 Å². The number of anilines is 1. The van der Waals surface area contributed by atoms with Gasteiger partial charge in [-0.25, -0.2) is 13.1 Å². The minimum Gasteiger partial charge on any atom is -0.371 e. The lowest BCUT2D eigenvalue weighted by molar-refractivity contribution is 0.578. The van der Waals surface area contributed by atoms with E-state index in [2.05, 4.69) is 33.9 Å². The van der Waals surface area contributed by atoms with E-state index in [4.69, 9.17) is 0 Å². The molecule has 1 aliphatic heterocycles. The van der Waals surface area contributed by atoms with E-state index in [0.29, 0.717) is 11.4 Å². The number of benzene rings is 2. The van der Waals surface area contributed by atoms with Gasteiger partial charge in [-0.2, -0.15) is 0 Å². The first-order valence-electron chi connectivity index (χ1n) is 8.07. The number of sulfonamides is 1. The van der Waals surface area contributed by atoms with Crippen LogP contribution in [0.1, 0.15) is 12.0 Å². The molecule has 0 atom stereocenters. The molecule has 0 unspecified atom stereocenters. The molecule has 0 saturated carbocycles. The van der Waals surface area contributed by atoms with Gasteiger partial charge in [0.25, 0.3) is 0 Å². The van der Waals surface area contributed by atoms with E-state index in [1.807, 2.05) is 18.4 Å². The van der Waals surface area contributed by atoms with Crippen LogP contribution in [-0.2, 0) is 16.4 Å². The summed E-state index contributed by atoms with van der Waals surface area (Å²) in [6.07, 6.45) is 3.83. The number of thioether (sulfide) groups is 1. The van der Waals surface area contributed by atoms with Crippen LogP contribution in [0.2, 0.25) is 0 Å². The second kappa shape index (κ2) is 7.59. The zero-order chi connectivity index (χ0) is 17.0. The first kappa shape index (κ1) is 17.3. The van der Waals surface area contributed by atoms with E-state index in [9.17, 15) is 8.42 Å². The number of hydrogen-bond donors (Lipinski definition) is 1. The number of rotatable bonds is 7. The fraction of sp³-hybridized carbons (Fsp3) is 0.333. The Kier molecular flexibility index (Phi) is 5.48. The Morgan fingerprint density at radius 1 is 1.12 bits per heavy atom. The fourth-order valence-electron chi connectivity index (χ4n) is 2.95. The molecule has 0 fully saturated rings. The number of nitrogens with one attached hydrogen (secondary N) is 1. The van der Waals surface area contributed by atoms with Gasteiger partial charge in [-0.1, -0.05) is 18.2 Å². The minimum absolute atomic E-state index is 0.326. The third-order valence-electron chi connectivity index (χ3n) is 4.25. The van der Waals surface area contributed by atoms with Crippen LogP contribution in [0.3, 0.4) is 0 Å². The van der Waals surface area contributed by atoms with Gasteiger partial charge in [0, 0.05) is 30.2 Å². The summed E-state index contributed by atoms with van der Waals surface area (Å²) in [5.41, 5.74) is 2.67. The van der Waals surface area contributed by atoms with Crippen LogP contribution >= 0.6 is 11.8 Å². The van der Waals surface area contributed by atoms with Crippen molar-refractivity contribution in [3.8, 4) is 0 Å². The van der Waals surface area contributed by atoms with Crippen molar-refractivity contribution in [3.05, 3.63) is 54.1 Å². The van der Waals surface area contributed by atoms with E-state index >= 15 is 0 Å². The number of hydrogen-bond acceptors (Lipinski definition) is 4. The van der Waals surface area contributed by atoms with E-state index < -0.39 is 10.0 Å². The van der Waals surface area contributed by atoms with Gasteiger partial charge >= 0.3 is 0 Å². The van der Waals surface area contributed by atoms with Crippen molar-refractivity contribution in [3.63, 3.8) is 0 Å². The molecule has 0 aliphatic carbocycles. The molecule has 2 aromatic carbocycles. The van der Waals surface area contributed by atoms with Crippen LogP contribution in [0.4, 0.5) is 5.69 Å². The standard InChI is InChI=1S/C18H22N2O2S2/c1-23-16-7-9-17(10-8-16)24(21,22)19-12-4-13-20-14-11-15-5-2-3-6-18(15)20/h2-3,5-10,19H,4,11-14H2,1H3. The lowest BCUT2D eigenvalue weighted by Gasteiger charge is -2.19. The molecule has 6 heteroatoms. The quantitative estimate of drug-likeness (QED) is 0.607. The van der Waals surface area contributed by atoms with Gasteiger partial charge in [0.2, 0.25) is 10.0 Å². The molecule has 1 aliphatic rings. The summed E-state index contributed by atoms with van der Waals surface area (Å²) in [5, 5.41) is 0. The number of nitrogens with zero attached hydrogens (tertiary/aromatic N) is 1. The van der Waals surface area contributed by atoms with Crippen LogP contribution in [0.5, 0.6) is 0 Å². The predicted octanol–water partition coefficient (Wildman–Crippen LogP) is 3.14. The smallest absolute Gasteiger partial charge is 0.240 e. The highest BCUT2D eigenvalue weighted by Gasteiger charge is 2.18. The highest BCUT2D eigenvalue weighted by Crippen LogP contribution is 2.27. The molecule has 0 radical (unpaired) electrons. The monoisotopic (exact) mass is 362 g/mol. The summed E-state index contributed by atoms with van der Waals surface area (Å²) in [6, 6.07) is 15.4. The predicted molar refractivity (Wildman–Crippen MR) is 100 cm³/mol. The molecule has 0 saturated heterocycles. The van der Waals surface area contributed by atoms with Gasteiger partial charge in [-0.3, -0.25) is 0 Å². The van der Waals surface area contributed by atoms with Crippen molar-refractivity contribution >= 4 is 27.5 Å². The molecule has 128 valence electrons. The SMILES string of the molecule is CSc1ccc(S(=O)(=O)NCCCN2CCc3ccccc32)cc1. The summed E-state index contributed by atoms with van der Waals surface area (Å²) in [6.45, 7) is 2.33. The van der Waals surface area contributed by atoms with Crippen molar-refractivity contribution in [2.45, 2.75) is 22.6 Å². The van der Waals surface area contributed by atoms with Gasteiger partial charge in [0.05, 0.1) is 4.90 Å². The fourth-order valence-corrected chi connectivity index (χ4v) is 4.44. The summed E-state index contributed by atoms with van der Waals surface area (Å²) in [5.74, 6) is 0. The number of fused-ring (bicyclic) bond motifs is 1. The van der Waals surface area contributed by atoms with Gasteiger partial charge in [0.15, 0.2) is 0 Å². The van der Waals surface area contributed by atoms with Crippen molar-refractivity contribution in [2.75, 3.05) is 30.8 Å². The van der Waals surface area contributed by atoms with Crippen LogP contribution in [0.25, 0.3) is 0 Å². The Labute approximate surface area is 148 Å². The Bertz CT molecular complexity index is 789. The highest BCUT2D eigenvalue weighted by atomic mass is 32.2. The normalized spacial score (nSPS) is 14.0. The molecular formula is C18H22N2O2S2. The average molecular weight is 363 g/mol. The molecule has 4 nitrogen and oxygen atoms in total. The molecule has 2 aromatic rings. The molecule has 1 N–H and O–H groups in total. The lowest BCUT2D eigenvalue weighted by Crippen LogP contribution is -2.29. The van der Waals surface area contributed by atoms with E-state index in [1.165, 1.54) is 11.3 Å². The maximum atomic E-state index is 12.3. The number of para-hydroxylation sites is 1. The molecule has 3 rings (SSSR count). The third kappa shape index (κ3) is 3.94. The first-order chi connectivity index (χ1) is 11.6. The van der Waals surface area contributed by atoms with Crippen molar-refractivity contribution < 1.29 is 8.42 Å². The van der Waals surface area contributed by atoms with Crippen molar-refractivity contribution in [1.29, 1.82) is 0 Å². The second-order valence-electron chi connectivity index (χ2n) is 5.79. The summed E-state index contributed by atoms with van der Waals surface area (Å²) in [7, 11) is -3.42.